The molecule has 2 rings (SSSR count). The van der Waals surface area contributed by atoms with E-state index >= 15 is 0 Å². The highest BCUT2D eigenvalue weighted by Gasteiger charge is 2.22. The summed E-state index contributed by atoms with van der Waals surface area (Å²) in [6, 6.07) is 5.37. The lowest BCUT2D eigenvalue weighted by molar-refractivity contribution is 0.424. The van der Waals surface area contributed by atoms with E-state index in [4.69, 9.17) is 10.0 Å². The molecule has 6 heteroatoms. The van der Waals surface area contributed by atoms with Crippen molar-refractivity contribution in [2.75, 3.05) is 0 Å². The topological polar surface area (TPSA) is 40.5 Å². The van der Waals surface area contributed by atoms with Crippen LogP contribution in [0, 0.1) is 8.70 Å². The summed E-state index contributed by atoms with van der Waals surface area (Å²) in [7, 11) is -1.75. The van der Waals surface area contributed by atoms with Crippen LogP contribution in [0.4, 0.5) is 4.39 Å². The molecule has 0 unspecified atom stereocenters. The highest BCUT2D eigenvalue weighted by Crippen LogP contribution is 2.24. The van der Waals surface area contributed by atoms with Crippen molar-refractivity contribution < 1.29 is 14.4 Å². The van der Waals surface area contributed by atoms with Crippen LogP contribution in [0.25, 0.3) is 10.1 Å². The number of benzene rings is 1. The van der Waals surface area contributed by atoms with Crippen LogP contribution in [0.5, 0.6) is 0 Å². The van der Waals surface area contributed by atoms with Crippen molar-refractivity contribution in [3.05, 3.63) is 26.9 Å². The molecule has 0 fully saturated rings. The van der Waals surface area contributed by atoms with Crippen LogP contribution in [0.2, 0.25) is 0 Å². The SMILES string of the molecule is OB(O)c1c(F)sc2ccc(I)cc12. The van der Waals surface area contributed by atoms with Gasteiger partial charge in [-0.25, -0.2) is 0 Å². The van der Waals surface area contributed by atoms with Crippen LogP contribution >= 0.6 is 33.9 Å². The zero-order valence-corrected chi connectivity index (χ0v) is 9.84. The van der Waals surface area contributed by atoms with Crippen molar-refractivity contribution in [1.29, 1.82) is 0 Å². The van der Waals surface area contributed by atoms with E-state index in [1.165, 1.54) is 0 Å². The maximum Gasteiger partial charge on any atom is 0.493 e. The molecule has 2 aromatic rings. The Bertz CT molecular complexity index is 485. The molecule has 1 heterocycles. The van der Waals surface area contributed by atoms with E-state index in [2.05, 4.69) is 22.6 Å². The zero-order chi connectivity index (χ0) is 10.3. The first-order chi connectivity index (χ1) is 6.59. The minimum absolute atomic E-state index is 0.0245. The normalized spacial score (nSPS) is 10.9. The van der Waals surface area contributed by atoms with E-state index in [-0.39, 0.29) is 5.46 Å². The fourth-order valence-corrected chi connectivity index (χ4v) is 2.72. The second-order valence-corrected chi connectivity index (χ2v) is 5.05. The molecule has 2 N–H and O–H groups in total. The summed E-state index contributed by atoms with van der Waals surface area (Å²) in [5.41, 5.74) is -0.0245. The third-order valence-electron chi connectivity index (χ3n) is 1.90. The van der Waals surface area contributed by atoms with E-state index in [0.29, 0.717) is 5.39 Å². The predicted molar refractivity (Wildman–Crippen MR) is 64.3 cm³/mol. The molecule has 1 aromatic heterocycles. The Morgan fingerprint density at radius 1 is 1.36 bits per heavy atom. The number of fused-ring (bicyclic) bond motifs is 1. The standard InChI is InChI=1S/C8H5BFIO2S/c10-8-7(9(12)13)5-3-4(11)1-2-6(5)14-8/h1-3,12-13H. The number of rotatable bonds is 1. The smallest absolute Gasteiger partial charge is 0.423 e. The molecule has 1 aromatic carbocycles. The summed E-state index contributed by atoms with van der Waals surface area (Å²) in [5.74, 6) is 0. The third kappa shape index (κ3) is 1.67. The van der Waals surface area contributed by atoms with Crippen molar-refractivity contribution in [2.24, 2.45) is 0 Å². The molecular weight excluding hydrogens is 317 g/mol. The molecule has 0 saturated heterocycles. The lowest BCUT2D eigenvalue weighted by Gasteiger charge is -1.97. The molecule has 72 valence electrons. The summed E-state index contributed by atoms with van der Waals surface area (Å²) in [5, 5.41) is 18.1. The maximum absolute atomic E-state index is 13.3. The minimum atomic E-state index is -1.75. The van der Waals surface area contributed by atoms with Gasteiger partial charge in [0.25, 0.3) is 0 Å². The number of halogens is 2. The number of hydrogen-bond acceptors (Lipinski definition) is 3. The maximum atomic E-state index is 13.3. The Morgan fingerprint density at radius 3 is 2.71 bits per heavy atom. The van der Waals surface area contributed by atoms with Crippen LogP contribution < -0.4 is 5.46 Å². The summed E-state index contributed by atoms with van der Waals surface area (Å²) in [6.07, 6.45) is 0. The molecular formula is C8H5BFIO2S. The summed E-state index contributed by atoms with van der Waals surface area (Å²) < 4.78 is 15.0. The van der Waals surface area contributed by atoms with Crippen LogP contribution in [0.15, 0.2) is 18.2 Å². The van der Waals surface area contributed by atoms with Gasteiger partial charge in [0, 0.05) is 13.7 Å². The molecule has 0 aliphatic rings. The third-order valence-corrected chi connectivity index (χ3v) is 3.55. The lowest BCUT2D eigenvalue weighted by atomic mass is 9.80. The molecule has 14 heavy (non-hydrogen) atoms. The zero-order valence-electron chi connectivity index (χ0n) is 6.87. The van der Waals surface area contributed by atoms with Gasteiger partial charge in [-0.05, 0) is 46.2 Å². The molecule has 2 nitrogen and oxygen atoms in total. The second-order valence-electron chi connectivity index (χ2n) is 2.80. The molecule has 0 radical (unpaired) electrons. The molecule has 0 aliphatic heterocycles. The van der Waals surface area contributed by atoms with Gasteiger partial charge in [0.05, 0.1) is 0 Å². The molecule has 0 aliphatic carbocycles. The minimum Gasteiger partial charge on any atom is -0.423 e. The number of hydrogen-bond donors (Lipinski definition) is 2. The Balaban J connectivity index is 2.79. The Labute approximate surface area is 97.7 Å². The average molecular weight is 322 g/mol. The van der Waals surface area contributed by atoms with Crippen LogP contribution in [-0.4, -0.2) is 17.2 Å². The first kappa shape index (κ1) is 10.3. The van der Waals surface area contributed by atoms with Crippen molar-refractivity contribution in [2.45, 2.75) is 0 Å². The van der Waals surface area contributed by atoms with Crippen molar-refractivity contribution in [3.8, 4) is 0 Å². The Kier molecular flexibility index (Phi) is 2.78. The quantitative estimate of drug-likeness (QED) is 0.614. The highest BCUT2D eigenvalue weighted by atomic mass is 127. The van der Waals surface area contributed by atoms with Gasteiger partial charge in [0.15, 0.2) is 5.13 Å². The van der Waals surface area contributed by atoms with Crippen LogP contribution in [0.1, 0.15) is 0 Å². The summed E-state index contributed by atoms with van der Waals surface area (Å²) in [6.45, 7) is 0. The fraction of sp³-hybridized carbons (Fsp3) is 0. The molecule has 0 bridgehead atoms. The molecule has 0 spiro atoms. The van der Waals surface area contributed by atoms with Gasteiger partial charge in [-0.2, -0.15) is 4.39 Å². The van der Waals surface area contributed by atoms with Gasteiger partial charge < -0.3 is 10.0 Å². The van der Waals surface area contributed by atoms with Crippen molar-refractivity contribution >= 4 is 56.6 Å². The van der Waals surface area contributed by atoms with Gasteiger partial charge in [0.1, 0.15) is 0 Å². The molecule has 0 atom stereocenters. The second kappa shape index (κ2) is 3.76. The first-order valence-corrected chi connectivity index (χ1v) is 5.72. The first-order valence-electron chi connectivity index (χ1n) is 3.83. The lowest BCUT2D eigenvalue weighted by Crippen LogP contribution is -2.31. The Hall–Kier alpha value is -0.175. The van der Waals surface area contributed by atoms with Gasteiger partial charge in [-0.3, -0.25) is 0 Å². The van der Waals surface area contributed by atoms with Gasteiger partial charge >= 0.3 is 7.12 Å². The van der Waals surface area contributed by atoms with Gasteiger partial charge in [-0.15, -0.1) is 11.3 Å². The fourth-order valence-electron chi connectivity index (χ4n) is 1.30. The molecule has 0 saturated carbocycles. The largest absolute Gasteiger partial charge is 0.493 e. The number of thiophene rings is 1. The monoisotopic (exact) mass is 322 g/mol. The van der Waals surface area contributed by atoms with E-state index in [1.54, 1.807) is 12.1 Å². The van der Waals surface area contributed by atoms with E-state index in [9.17, 15) is 4.39 Å². The van der Waals surface area contributed by atoms with E-state index in [0.717, 1.165) is 19.6 Å². The van der Waals surface area contributed by atoms with E-state index in [1.807, 2.05) is 6.07 Å². The van der Waals surface area contributed by atoms with Gasteiger partial charge in [-0.1, -0.05) is 0 Å². The van der Waals surface area contributed by atoms with Crippen molar-refractivity contribution in [1.82, 2.24) is 0 Å². The van der Waals surface area contributed by atoms with Crippen LogP contribution in [0.3, 0.4) is 0 Å². The summed E-state index contributed by atoms with van der Waals surface area (Å²) in [4.78, 5) is 0. The average Bonchev–Trinajstić information content (AvgIpc) is 2.40. The Morgan fingerprint density at radius 2 is 2.07 bits per heavy atom. The van der Waals surface area contributed by atoms with Crippen molar-refractivity contribution in [3.63, 3.8) is 0 Å². The van der Waals surface area contributed by atoms with Gasteiger partial charge in [0.2, 0.25) is 0 Å². The molecule has 0 amide bonds. The van der Waals surface area contributed by atoms with E-state index < -0.39 is 12.2 Å². The van der Waals surface area contributed by atoms with Crippen LogP contribution in [-0.2, 0) is 0 Å². The predicted octanol–water partition coefficient (Wildman–Crippen LogP) is 1.32. The highest BCUT2D eigenvalue weighted by molar-refractivity contribution is 14.1. The summed E-state index contributed by atoms with van der Waals surface area (Å²) >= 11 is 3.02.